The van der Waals surface area contributed by atoms with E-state index in [1.54, 1.807) is 12.3 Å². The molecule has 4 heterocycles. The normalized spacial score (nSPS) is 16.0. The fourth-order valence-electron chi connectivity index (χ4n) is 4.27. The number of amides is 1. The lowest BCUT2D eigenvalue weighted by Crippen LogP contribution is -2.42. The third kappa shape index (κ3) is 4.79. The van der Waals surface area contributed by atoms with Gasteiger partial charge in [-0.15, -0.1) is 0 Å². The lowest BCUT2D eigenvalue weighted by atomic mass is 9.97. The first-order valence-corrected chi connectivity index (χ1v) is 11.4. The number of pyridine rings is 1. The van der Waals surface area contributed by atoms with Crippen LogP contribution in [0.25, 0.3) is 22.4 Å². The minimum atomic E-state index is -0.763. The SMILES string of the molecule is O=C(c1cc(F)ccc1F)N1CCC[C@@H](CNc2nc(-c3c[nH]c4ncc(Cl)cc34)ncc2F)C1. The average Bonchev–Trinajstić information content (AvgIpc) is 3.28. The van der Waals surface area contributed by atoms with Crippen molar-refractivity contribution < 1.29 is 18.0 Å². The number of aromatic nitrogens is 4. The van der Waals surface area contributed by atoms with Gasteiger partial charge in [0.15, 0.2) is 17.5 Å². The van der Waals surface area contributed by atoms with Gasteiger partial charge in [-0.25, -0.2) is 28.1 Å². The number of carbonyl (C=O) groups is 1. The van der Waals surface area contributed by atoms with Crippen LogP contribution in [0.2, 0.25) is 5.02 Å². The second-order valence-electron chi connectivity index (χ2n) is 8.41. The van der Waals surface area contributed by atoms with Crippen LogP contribution in [0.1, 0.15) is 23.2 Å². The molecule has 1 aliphatic rings. The zero-order chi connectivity index (χ0) is 24.5. The van der Waals surface area contributed by atoms with Gasteiger partial charge in [-0.3, -0.25) is 4.79 Å². The van der Waals surface area contributed by atoms with Crippen LogP contribution in [0, 0.1) is 23.4 Å². The third-order valence-electron chi connectivity index (χ3n) is 6.01. The topological polar surface area (TPSA) is 86.8 Å². The summed E-state index contributed by atoms with van der Waals surface area (Å²) in [5.41, 5.74) is 0.941. The quantitative estimate of drug-likeness (QED) is 0.400. The molecule has 1 aromatic carbocycles. The maximum absolute atomic E-state index is 14.5. The predicted molar refractivity (Wildman–Crippen MR) is 126 cm³/mol. The molecule has 1 fully saturated rings. The Morgan fingerprint density at radius 3 is 2.89 bits per heavy atom. The number of fused-ring (bicyclic) bond motifs is 1. The number of nitrogens with zero attached hydrogens (tertiary/aromatic N) is 4. The Balaban J connectivity index is 1.30. The highest BCUT2D eigenvalue weighted by atomic mass is 35.5. The number of rotatable bonds is 5. The van der Waals surface area contributed by atoms with E-state index in [4.69, 9.17) is 11.6 Å². The van der Waals surface area contributed by atoms with Crippen LogP contribution in [0.15, 0.2) is 42.9 Å². The predicted octanol–water partition coefficient (Wildman–Crippen LogP) is 5.05. The van der Waals surface area contributed by atoms with Crippen LogP contribution in [-0.2, 0) is 0 Å². The van der Waals surface area contributed by atoms with E-state index in [1.165, 1.54) is 11.1 Å². The van der Waals surface area contributed by atoms with Gasteiger partial charge in [-0.1, -0.05) is 11.6 Å². The maximum Gasteiger partial charge on any atom is 0.256 e. The number of nitrogens with one attached hydrogen (secondary N) is 2. The van der Waals surface area contributed by atoms with Gasteiger partial charge in [0.05, 0.1) is 16.8 Å². The molecule has 1 amide bonds. The molecular weight excluding hydrogens is 481 g/mol. The molecule has 0 spiro atoms. The Hall–Kier alpha value is -3.66. The summed E-state index contributed by atoms with van der Waals surface area (Å²) in [5.74, 6) is -2.32. The summed E-state index contributed by atoms with van der Waals surface area (Å²) in [4.78, 5) is 29.9. The number of carbonyl (C=O) groups excluding carboxylic acids is 1. The summed E-state index contributed by atoms with van der Waals surface area (Å²) in [6.45, 7) is 1.10. The molecule has 4 aromatic rings. The first-order chi connectivity index (χ1) is 16.9. The van der Waals surface area contributed by atoms with E-state index in [9.17, 15) is 18.0 Å². The molecular formula is C24H20ClF3N6O. The number of anilines is 1. The van der Waals surface area contributed by atoms with Crippen molar-refractivity contribution in [1.29, 1.82) is 0 Å². The number of aromatic amines is 1. The molecule has 5 rings (SSSR count). The van der Waals surface area contributed by atoms with Crippen LogP contribution in [0.5, 0.6) is 0 Å². The monoisotopic (exact) mass is 500 g/mol. The summed E-state index contributed by atoms with van der Waals surface area (Å²) < 4.78 is 42.1. The van der Waals surface area contributed by atoms with E-state index >= 15 is 0 Å². The second kappa shape index (κ2) is 9.53. The van der Waals surface area contributed by atoms with Gasteiger partial charge in [-0.2, -0.15) is 0 Å². The summed E-state index contributed by atoms with van der Waals surface area (Å²) in [6.07, 6.45) is 5.76. The van der Waals surface area contributed by atoms with Crippen LogP contribution in [0.3, 0.4) is 0 Å². The van der Waals surface area contributed by atoms with E-state index in [-0.39, 0.29) is 17.3 Å². The van der Waals surface area contributed by atoms with Crippen molar-refractivity contribution in [3.05, 3.63) is 70.9 Å². The van der Waals surface area contributed by atoms with Gasteiger partial charge in [0.2, 0.25) is 0 Å². The molecule has 35 heavy (non-hydrogen) atoms. The summed E-state index contributed by atoms with van der Waals surface area (Å²) >= 11 is 6.06. The smallest absolute Gasteiger partial charge is 0.256 e. The third-order valence-corrected chi connectivity index (χ3v) is 6.21. The molecule has 180 valence electrons. The Morgan fingerprint density at radius 2 is 2.03 bits per heavy atom. The van der Waals surface area contributed by atoms with Gasteiger partial charge in [0.25, 0.3) is 5.91 Å². The zero-order valence-corrected chi connectivity index (χ0v) is 19.1. The van der Waals surface area contributed by atoms with E-state index in [0.29, 0.717) is 53.5 Å². The number of H-pyrrole nitrogens is 1. The number of halogens is 4. The van der Waals surface area contributed by atoms with E-state index < -0.39 is 23.4 Å². The van der Waals surface area contributed by atoms with Crippen molar-refractivity contribution in [2.24, 2.45) is 5.92 Å². The Kier molecular flexibility index (Phi) is 6.29. The molecule has 1 atom stereocenters. The highest BCUT2D eigenvalue weighted by Crippen LogP contribution is 2.28. The fourth-order valence-corrected chi connectivity index (χ4v) is 4.43. The van der Waals surface area contributed by atoms with E-state index in [1.807, 2.05) is 0 Å². The van der Waals surface area contributed by atoms with Crippen molar-refractivity contribution in [3.63, 3.8) is 0 Å². The van der Waals surface area contributed by atoms with Crippen LogP contribution >= 0.6 is 11.6 Å². The lowest BCUT2D eigenvalue weighted by molar-refractivity contribution is 0.0675. The van der Waals surface area contributed by atoms with Crippen molar-refractivity contribution in [3.8, 4) is 11.4 Å². The molecule has 1 aliphatic heterocycles. The lowest BCUT2D eigenvalue weighted by Gasteiger charge is -2.33. The van der Waals surface area contributed by atoms with Crippen molar-refractivity contribution in [2.45, 2.75) is 12.8 Å². The van der Waals surface area contributed by atoms with Crippen LogP contribution in [-0.4, -0.2) is 50.4 Å². The Bertz CT molecular complexity index is 1410. The van der Waals surface area contributed by atoms with Gasteiger partial charge < -0.3 is 15.2 Å². The maximum atomic E-state index is 14.5. The van der Waals surface area contributed by atoms with Crippen LogP contribution in [0.4, 0.5) is 19.0 Å². The van der Waals surface area contributed by atoms with E-state index in [0.717, 1.165) is 30.8 Å². The molecule has 0 radical (unpaired) electrons. The number of piperidine rings is 1. The van der Waals surface area contributed by atoms with Crippen molar-refractivity contribution >= 4 is 34.4 Å². The average molecular weight is 501 g/mol. The van der Waals surface area contributed by atoms with Gasteiger partial charge >= 0.3 is 0 Å². The standard InChI is InChI=1S/C24H20ClF3N6O/c25-14-6-16-18(10-31-21(16)30-9-14)22-32-11-20(28)23(33-22)29-8-13-2-1-5-34(12-13)24(35)17-7-15(26)3-4-19(17)27/h3-4,6-7,9-11,13H,1-2,5,8,12H2,(H,30,31)(H,29,32,33)/t13-/m0/s1. The molecule has 0 bridgehead atoms. The summed E-state index contributed by atoms with van der Waals surface area (Å²) in [7, 11) is 0. The molecule has 0 unspecified atom stereocenters. The largest absolute Gasteiger partial charge is 0.367 e. The second-order valence-corrected chi connectivity index (χ2v) is 8.84. The van der Waals surface area contributed by atoms with Crippen LogP contribution < -0.4 is 5.32 Å². The number of benzene rings is 1. The van der Waals surface area contributed by atoms with Crippen molar-refractivity contribution in [1.82, 2.24) is 24.8 Å². The Morgan fingerprint density at radius 1 is 1.17 bits per heavy atom. The summed E-state index contributed by atoms with van der Waals surface area (Å²) in [6, 6.07) is 4.55. The first-order valence-electron chi connectivity index (χ1n) is 11.0. The van der Waals surface area contributed by atoms with Gasteiger partial charge in [0.1, 0.15) is 17.3 Å². The highest BCUT2D eigenvalue weighted by Gasteiger charge is 2.27. The molecule has 0 saturated carbocycles. The first kappa shape index (κ1) is 23.1. The molecule has 3 aromatic heterocycles. The number of likely N-dealkylation sites (tertiary alicyclic amines) is 1. The molecule has 1 saturated heterocycles. The van der Waals surface area contributed by atoms with Gasteiger partial charge in [0, 0.05) is 43.0 Å². The minimum Gasteiger partial charge on any atom is -0.367 e. The highest BCUT2D eigenvalue weighted by molar-refractivity contribution is 6.31. The molecule has 11 heteroatoms. The van der Waals surface area contributed by atoms with Gasteiger partial charge in [-0.05, 0) is 43.0 Å². The number of hydrogen-bond acceptors (Lipinski definition) is 5. The minimum absolute atomic E-state index is 0.0268. The zero-order valence-electron chi connectivity index (χ0n) is 18.4. The molecule has 0 aliphatic carbocycles. The Labute approximate surface area is 203 Å². The fraction of sp³-hybridized carbons (Fsp3) is 0.250. The summed E-state index contributed by atoms with van der Waals surface area (Å²) in [5, 5.41) is 4.18. The molecule has 2 N–H and O–H groups in total. The molecule has 7 nitrogen and oxygen atoms in total. The van der Waals surface area contributed by atoms with E-state index in [2.05, 4.69) is 25.3 Å². The van der Waals surface area contributed by atoms with Crippen molar-refractivity contribution in [2.75, 3.05) is 25.0 Å². The number of hydrogen-bond donors (Lipinski definition) is 2.